The first kappa shape index (κ1) is 14.3. The Kier molecular flexibility index (Phi) is 4.53. The highest BCUT2D eigenvalue weighted by Gasteiger charge is 2.11. The number of aryl methyl sites for hydroxylation is 2. The Bertz CT molecular complexity index is 583. The maximum absolute atomic E-state index is 12.2. The van der Waals surface area contributed by atoms with Crippen molar-refractivity contribution in [2.45, 2.75) is 27.0 Å². The zero-order valence-electron chi connectivity index (χ0n) is 11.8. The molecule has 3 heteroatoms. The molecule has 2 aromatic carbocycles. The number of benzene rings is 2. The van der Waals surface area contributed by atoms with E-state index in [1.165, 1.54) is 0 Å². The molecule has 0 aliphatic rings. The highest BCUT2D eigenvalue weighted by atomic mass is 16.3. The molecule has 0 heterocycles. The maximum atomic E-state index is 12.2. The van der Waals surface area contributed by atoms with E-state index in [9.17, 15) is 4.79 Å². The van der Waals surface area contributed by atoms with Crippen molar-refractivity contribution in [1.29, 1.82) is 0 Å². The largest absolute Gasteiger partial charge is 0.392 e. The number of amides is 1. The van der Waals surface area contributed by atoms with Gasteiger partial charge in [0.15, 0.2) is 0 Å². The fourth-order valence-corrected chi connectivity index (χ4v) is 2.21. The first-order chi connectivity index (χ1) is 9.61. The Labute approximate surface area is 119 Å². The minimum Gasteiger partial charge on any atom is -0.392 e. The quantitative estimate of drug-likeness (QED) is 0.896. The van der Waals surface area contributed by atoms with E-state index in [1.807, 2.05) is 56.3 Å². The summed E-state index contributed by atoms with van der Waals surface area (Å²) in [5.41, 5.74) is 4.60. The van der Waals surface area contributed by atoms with Crippen molar-refractivity contribution < 1.29 is 9.90 Å². The zero-order valence-corrected chi connectivity index (χ0v) is 11.8. The molecule has 20 heavy (non-hydrogen) atoms. The van der Waals surface area contributed by atoms with Crippen molar-refractivity contribution in [3.8, 4) is 0 Å². The van der Waals surface area contributed by atoms with Gasteiger partial charge in [-0.1, -0.05) is 42.5 Å². The molecule has 0 unspecified atom stereocenters. The van der Waals surface area contributed by atoms with Gasteiger partial charge >= 0.3 is 0 Å². The summed E-state index contributed by atoms with van der Waals surface area (Å²) >= 11 is 0. The minimum absolute atomic E-state index is 0.0367. The third-order valence-corrected chi connectivity index (χ3v) is 3.37. The molecule has 1 amide bonds. The summed E-state index contributed by atoms with van der Waals surface area (Å²) in [4.78, 5) is 12.2. The van der Waals surface area contributed by atoms with Crippen LogP contribution in [0, 0.1) is 13.8 Å². The molecule has 0 aromatic heterocycles. The third kappa shape index (κ3) is 3.25. The topological polar surface area (TPSA) is 49.3 Å². The Morgan fingerprint density at radius 2 is 1.55 bits per heavy atom. The second-order valence-electron chi connectivity index (χ2n) is 4.92. The van der Waals surface area contributed by atoms with Gasteiger partial charge in [-0.3, -0.25) is 4.79 Å². The summed E-state index contributed by atoms with van der Waals surface area (Å²) in [7, 11) is 0. The van der Waals surface area contributed by atoms with Crippen LogP contribution in [0.5, 0.6) is 0 Å². The van der Waals surface area contributed by atoms with Crippen LogP contribution in [0.3, 0.4) is 0 Å². The van der Waals surface area contributed by atoms with Gasteiger partial charge in [0.05, 0.1) is 6.61 Å². The van der Waals surface area contributed by atoms with E-state index >= 15 is 0 Å². The van der Waals surface area contributed by atoms with Crippen LogP contribution in [0.15, 0.2) is 42.5 Å². The molecule has 0 saturated carbocycles. The van der Waals surface area contributed by atoms with Gasteiger partial charge in [-0.2, -0.15) is 0 Å². The predicted molar refractivity (Wildman–Crippen MR) is 79.5 cm³/mol. The smallest absolute Gasteiger partial charge is 0.252 e. The number of hydrogen-bond donors (Lipinski definition) is 2. The zero-order chi connectivity index (χ0) is 14.5. The summed E-state index contributed by atoms with van der Waals surface area (Å²) in [6.07, 6.45) is 0. The molecule has 0 spiro atoms. The summed E-state index contributed by atoms with van der Waals surface area (Å²) in [6, 6.07) is 13.4. The number of rotatable bonds is 4. The molecule has 104 valence electrons. The average molecular weight is 269 g/mol. The summed E-state index contributed by atoms with van der Waals surface area (Å²) < 4.78 is 0. The van der Waals surface area contributed by atoms with E-state index in [-0.39, 0.29) is 12.5 Å². The Hall–Kier alpha value is -2.13. The molecular weight excluding hydrogens is 250 g/mol. The van der Waals surface area contributed by atoms with Gasteiger partial charge in [-0.05, 0) is 36.1 Å². The number of nitrogens with one attached hydrogen (secondary N) is 1. The lowest BCUT2D eigenvalue weighted by molar-refractivity contribution is 0.0949. The normalized spacial score (nSPS) is 10.3. The van der Waals surface area contributed by atoms with Crippen LogP contribution >= 0.6 is 0 Å². The lowest BCUT2D eigenvalue weighted by atomic mass is 10.0. The first-order valence-electron chi connectivity index (χ1n) is 6.65. The van der Waals surface area contributed by atoms with Gasteiger partial charge < -0.3 is 10.4 Å². The molecule has 0 radical (unpaired) electrons. The van der Waals surface area contributed by atoms with Crippen LogP contribution in [0.25, 0.3) is 0 Å². The van der Waals surface area contributed by atoms with Crippen molar-refractivity contribution in [3.63, 3.8) is 0 Å². The van der Waals surface area contributed by atoms with E-state index in [0.29, 0.717) is 6.54 Å². The van der Waals surface area contributed by atoms with Gasteiger partial charge in [-0.15, -0.1) is 0 Å². The van der Waals surface area contributed by atoms with Crippen molar-refractivity contribution in [1.82, 2.24) is 5.32 Å². The van der Waals surface area contributed by atoms with Crippen LogP contribution < -0.4 is 5.32 Å². The molecule has 0 bridgehead atoms. The minimum atomic E-state index is -0.0492. The van der Waals surface area contributed by atoms with Gasteiger partial charge in [0.1, 0.15) is 0 Å². The SMILES string of the molecule is Cc1cccc(C)c1C(=O)NCc1ccc(CO)cc1. The Morgan fingerprint density at radius 1 is 1.00 bits per heavy atom. The monoisotopic (exact) mass is 269 g/mol. The lowest BCUT2D eigenvalue weighted by Crippen LogP contribution is -2.24. The average Bonchev–Trinajstić information content (AvgIpc) is 2.45. The summed E-state index contributed by atoms with van der Waals surface area (Å²) in [5, 5.41) is 11.9. The van der Waals surface area contributed by atoms with Gasteiger partial charge in [0, 0.05) is 12.1 Å². The molecule has 0 fully saturated rings. The fourth-order valence-electron chi connectivity index (χ4n) is 2.21. The second-order valence-corrected chi connectivity index (χ2v) is 4.92. The molecule has 3 nitrogen and oxygen atoms in total. The van der Waals surface area contributed by atoms with Gasteiger partial charge in [0.2, 0.25) is 0 Å². The third-order valence-electron chi connectivity index (χ3n) is 3.37. The van der Waals surface area contributed by atoms with Crippen molar-refractivity contribution in [2.75, 3.05) is 0 Å². The fraction of sp³-hybridized carbons (Fsp3) is 0.235. The van der Waals surface area contributed by atoms with Crippen molar-refractivity contribution in [2.24, 2.45) is 0 Å². The number of aliphatic hydroxyl groups excluding tert-OH is 1. The molecule has 0 aliphatic heterocycles. The number of carbonyl (C=O) groups is 1. The van der Waals surface area contributed by atoms with E-state index in [2.05, 4.69) is 5.32 Å². The molecule has 0 atom stereocenters. The standard InChI is InChI=1S/C17H19NO2/c1-12-4-3-5-13(2)16(12)17(20)18-10-14-6-8-15(11-19)9-7-14/h3-9,19H,10-11H2,1-2H3,(H,18,20). The van der Waals surface area contributed by atoms with Crippen LogP contribution in [0.1, 0.15) is 32.6 Å². The molecule has 2 rings (SSSR count). The van der Waals surface area contributed by atoms with Crippen LogP contribution in [0.2, 0.25) is 0 Å². The van der Waals surface area contributed by atoms with E-state index < -0.39 is 0 Å². The van der Waals surface area contributed by atoms with E-state index in [1.54, 1.807) is 0 Å². The second kappa shape index (κ2) is 6.35. The summed E-state index contributed by atoms with van der Waals surface area (Å²) in [5.74, 6) is -0.0492. The van der Waals surface area contributed by atoms with Gasteiger partial charge in [-0.25, -0.2) is 0 Å². The number of hydrogen-bond acceptors (Lipinski definition) is 2. The highest BCUT2D eigenvalue weighted by molar-refractivity contribution is 5.96. The van der Waals surface area contributed by atoms with E-state index in [4.69, 9.17) is 5.11 Å². The predicted octanol–water partition coefficient (Wildman–Crippen LogP) is 2.73. The molecule has 2 aromatic rings. The Balaban J connectivity index is 2.05. The number of aliphatic hydroxyl groups is 1. The first-order valence-corrected chi connectivity index (χ1v) is 6.65. The molecule has 0 saturated heterocycles. The lowest BCUT2D eigenvalue weighted by Gasteiger charge is -2.10. The molecule has 0 aliphatic carbocycles. The van der Waals surface area contributed by atoms with Crippen molar-refractivity contribution >= 4 is 5.91 Å². The van der Waals surface area contributed by atoms with E-state index in [0.717, 1.165) is 27.8 Å². The Morgan fingerprint density at radius 3 is 2.10 bits per heavy atom. The molecule has 2 N–H and O–H groups in total. The van der Waals surface area contributed by atoms with Crippen molar-refractivity contribution in [3.05, 3.63) is 70.3 Å². The van der Waals surface area contributed by atoms with Crippen LogP contribution in [-0.2, 0) is 13.2 Å². The highest BCUT2D eigenvalue weighted by Crippen LogP contribution is 2.13. The number of carbonyl (C=O) groups excluding carboxylic acids is 1. The molecular formula is C17H19NO2. The summed E-state index contributed by atoms with van der Waals surface area (Å²) in [6.45, 7) is 4.41. The van der Waals surface area contributed by atoms with Gasteiger partial charge in [0.25, 0.3) is 5.91 Å². The van der Waals surface area contributed by atoms with Crippen LogP contribution in [-0.4, -0.2) is 11.0 Å². The maximum Gasteiger partial charge on any atom is 0.252 e. The van der Waals surface area contributed by atoms with Crippen LogP contribution in [0.4, 0.5) is 0 Å².